The molecule has 2 unspecified atom stereocenters. The number of pyridine rings is 2. The summed E-state index contributed by atoms with van der Waals surface area (Å²) < 4.78 is 0. The molecule has 32 heavy (non-hydrogen) atoms. The van der Waals surface area contributed by atoms with Gasteiger partial charge in [-0.05, 0) is 63.0 Å². The fourth-order valence-electron chi connectivity index (χ4n) is 4.72. The molecule has 2 atom stereocenters. The standard InChI is InChI=1S/C24H36N6O2/c31-17-15-29-13-3-11-25-23(29)21-7-1-5-19(27-21)9-10-20-6-2-8-22(28-20)24-26-12-4-14-30(24)16-18-32/h1-2,5-8,23-26,31-32H,3-4,9-18H2. The third-order valence-corrected chi connectivity index (χ3v) is 6.28. The van der Waals surface area contributed by atoms with Gasteiger partial charge in [-0.1, -0.05) is 12.1 Å². The number of aliphatic hydroxyl groups excluding tert-OH is 2. The maximum absolute atomic E-state index is 9.39. The molecule has 2 fully saturated rings. The van der Waals surface area contributed by atoms with Crippen LogP contribution in [-0.4, -0.2) is 82.5 Å². The van der Waals surface area contributed by atoms with Gasteiger partial charge in [-0.25, -0.2) is 0 Å². The minimum Gasteiger partial charge on any atom is -0.395 e. The van der Waals surface area contributed by atoms with Crippen LogP contribution in [0.4, 0.5) is 0 Å². The highest BCUT2D eigenvalue weighted by atomic mass is 16.3. The number of nitrogens with one attached hydrogen (secondary N) is 2. The molecule has 8 nitrogen and oxygen atoms in total. The van der Waals surface area contributed by atoms with Crippen LogP contribution in [0.15, 0.2) is 36.4 Å². The lowest BCUT2D eigenvalue weighted by molar-refractivity contribution is 0.101. The van der Waals surface area contributed by atoms with Crippen LogP contribution in [0.25, 0.3) is 0 Å². The van der Waals surface area contributed by atoms with Gasteiger partial charge in [0.2, 0.25) is 0 Å². The summed E-state index contributed by atoms with van der Waals surface area (Å²) in [6.45, 7) is 5.52. The van der Waals surface area contributed by atoms with Gasteiger partial charge >= 0.3 is 0 Å². The second kappa shape index (κ2) is 11.8. The van der Waals surface area contributed by atoms with Crippen molar-refractivity contribution in [3.63, 3.8) is 0 Å². The van der Waals surface area contributed by atoms with Crippen LogP contribution in [-0.2, 0) is 12.8 Å². The summed E-state index contributed by atoms with van der Waals surface area (Å²) in [4.78, 5) is 14.4. The highest BCUT2D eigenvalue weighted by Gasteiger charge is 2.25. The van der Waals surface area contributed by atoms with Crippen LogP contribution >= 0.6 is 0 Å². The summed E-state index contributed by atoms with van der Waals surface area (Å²) in [5, 5.41) is 25.9. The van der Waals surface area contributed by atoms with Gasteiger partial charge in [0.1, 0.15) is 12.3 Å². The van der Waals surface area contributed by atoms with Gasteiger partial charge < -0.3 is 10.2 Å². The monoisotopic (exact) mass is 440 g/mol. The Balaban J connectivity index is 1.42. The molecule has 4 heterocycles. The Morgan fingerprint density at radius 1 is 0.750 bits per heavy atom. The van der Waals surface area contributed by atoms with Crippen LogP contribution in [0.1, 0.15) is 47.9 Å². The van der Waals surface area contributed by atoms with E-state index in [1.165, 1.54) is 0 Å². The fraction of sp³-hybridized carbons (Fsp3) is 0.583. The van der Waals surface area contributed by atoms with Crippen LogP contribution in [0.3, 0.4) is 0 Å². The van der Waals surface area contributed by atoms with E-state index in [4.69, 9.17) is 9.97 Å². The van der Waals surface area contributed by atoms with E-state index in [9.17, 15) is 10.2 Å². The zero-order valence-electron chi connectivity index (χ0n) is 18.8. The first-order chi connectivity index (χ1) is 15.8. The van der Waals surface area contributed by atoms with E-state index in [0.29, 0.717) is 13.1 Å². The van der Waals surface area contributed by atoms with Crippen molar-refractivity contribution in [2.45, 2.75) is 38.0 Å². The van der Waals surface area contributed by atoms with E-state index in [1.54, 1.807) is 0 Å². The number of aliphatic hydroxyl groups is 2. The van der Waals surface area contributed by atoms with E-state index in [0.717, 1.165) is 74.6 Å². The van der Waals surface area contributed by atoms with Crippen LogP contribution in [0, 0.1) is 0 Å². The number of hydrogen-bond acceptors (Lipinski definition) is 8. The van der Waals surface area contributed by atoms with Crippen molar-refractivity contribution < 1.29 is 10.2 Å². The van der Waals surface area contributed by atoms with E-state index in [-0.39, 0.29) is 25.5 Å². The Bertz CT molecular complexity index is 777. The minimum absolute atomic E-state index is 0.0622. The normalized spacial score (nSPS) is 22.8. The summed E-state index contributed by atoms with van der Waals surface area (Å²) >= 11 is 0. The molecule has 8 heteroatoms. The van der Waals surface area contributed by atoms with Crippen LogP contribution in [0.5, 0.6) is 0 Å². The SMILES string of the molecule is OCCN1CCCNC1c1cccc(CCc2cccc(C3NCCCN3CCO)n2)n1. The molecule has 0 saturated carbocycles. The largest absolute Gasteiger partial charge is 0.395 e. The predicted molar refractivity (Wildman–Crippen MR) is 124 cm³/mol. The summed E-state index contributed by atoms with van der Waals surface area (Å²) in [5.41, 5.74) is 4.15. The first-order valence-corrected chi connectivity index (χ1v) is 11.9. The fourth-order valence-corrected chi connectivity index (χ4v) is 4.72. The van der Waals surface area contributed by atoms with E-state index < -0.39 is 0 Å². The highest BCUT2D eigenvalue weighted by molar-refractivity contribution is 5.18. The van der Waals surface area contributed by atoms with Crippen molar-refractivity contribution in [1.29, 1.82) is 0 Å². The summed E-state index contributed by atoms with van der Waals surface area (Å²) in [6.07, 6.45) is 3.96. The molecular formula is C24H36N6O2. The first kappa shape index (κ1) is 23.2. The number of nitrogens with zero attached hydrogens (tertiary/aromatic N) is 4. The Labute approximate surface area is 190 Å². The van der Waals surface area contributed by atoms with Crippen molar-refractivity contribution in [2.24, 2.45) is 0 Å². The topological polar surface area (TPSA) is 96.8 Å². The van der Waals surface area contributed by atoms with E-state index in [2.05, 4.69) is 56.8 Å². The molecule has 2 aliphatic heterocycles. The Morgan fingerprint density at radius 3 is 1.66 bits per heavy atom. The number of aromatic nitrogens is 2. The molecule has 0 radical (unpaired) electrons. The number of β-amino-alcohol motifs (C(OH)–C–C–N with tert-alkyl or cyclic N) is 2. The van der Waals surface area contributed by atoms with E-state index in [1.807, 2.05) is 0 Å². The highest BCUT2D eigenvalue weighted by Crippen LogP contribution is 2.21. The average Bonchev–Trinajstić information content (AvgIpc) is 2.84. The Hall–Kier alpha value is -1.94. The zero-order valence-corrected chi connectivity index (χ0v) is 18.8. The Kier molecular flexibility index (Phi) is 8.55. The zero-order chi connectivity index (χ0) is 22.2. The molecule has 2 aromatic rings. The van der Waals surface area contributed by atoms with Crippen molar-refractivity contribution in [2.75, 3.05) is 52.5 Å². The third-order valence-electron chi connectivity index (χ3n) is 6.28. The van der Waals surface area contributed by atoms with Crippen molar-refractivity contribution in [3.8, 4) is 0 Å². The number of hydrogen-bond donors (Lipinski definition) is 4. The molecule has 0 bridgehead atoms. The molecule has 4 N–H and O–H groups in total. The predicted octanol–water partition coefficient (Wildman–Crippen LogP) is 0.834. The molecule has 2 aliphatic rings. The smallest absolute Gasteiger partial charge is 0.104 e. The van der Waals surface area contributed by atoms with Crippen molar-refractivity contribution in [3.05, 3.63) is 59.2 Å². The lowest BCUT2D eigenvalue weighted by Gasteiger charge is -2.35. The van der Waals surface area contributed by atoms with Crippen molar-refractivity contribution in [1.82, 2.24) is 30.4 Å². The molecular weight excluding hydrogens is 404 g/mol. The van der Waals surface area contributed by atoms with Gasteiger partial charge in [0.25, 0.3) is 0 Å². The van der Waals surface area contributed by atoms with Gasteiger partial charge in [-0.3, -0.25) is 30.4 Å². The molecule has 0 aromatic carbocycles. The van der Waals surface area contributed by atoms with Gasteiger partial charge in [-0.2, -0.15) is 0 Å². The molecule has 2 saturated heterocycles. The molecule has 4 rings (SSSR count). The molecule has 0 spiro atoms. The molecule has 0 amide bonds. The van der Waals surface area contributed by atoms with E-state index >= 15 is 0 Å². The quantitative estimate of drug-likeness (QED) is 0.456. The number of aryl methyl sites for hydroxylation is 2. The molecule has 174 valence electrons. The molecule has 2 aromatic heterocycles. The summed E-state index contributed by atoms with van der Waals surface area (Å²) in [5.74, 6) is 0. The second-order valence-electron chi connectivity index (χ2n) is 8.55. The number of rotatable bonds is 9. The first-order valence-electron chi connectivity index (χ1n) is 11.9. The Morgan fingerprint density at radius 2 is 1.22 bits per heavy atom. The minimum atomic E-state index is 0.0622. The van der Waals surface area contributed by atoms with Crippen LogP contribution in [0.2, 0.25) is 0 Å². The second-order valence-corrected chi connectivity index (χ2v) is 8.55. The lowest BCUT2D eigenvalue weighted by atomic mass is 10.1. The third kappa shape index (κ3) is 5.89. The van der Waals surface area contributed by atoms with Crippen LogP contribution < -0.4 is 10.6 Å². The van der Waals surface area contributed by atoms with Gasteiger partial charge in [0.15, 0.2) is 0 Å². The van der Waals surface area contributed by atoms with Crippen molar-refractivity contribution >= 4 is 0 Å². The maximum Gasteiger partial charge on any atom is 0.104 e. The van der Waals surface area contributed by atoms with Gasteiger partial charge in [0.05, 0.1) is 24.6 Å². The maximum atomic E-state index is 9.39. The molecule has 0 aliphatic carbocycles. The van der Waals surface area contributed by atoms with Gasteiger partial charge in [0, 0.05) is 37.6 Å². The van der Waals surface area contributed by atoms with Gasteiger partial charge in [-0.15, -0.1) is 0 Å². The summed E-state index contributed by atoms with van der Waals surface area (Å²) in [7, 11) is 0. The average molecular weight is 441 g/mol. The lowest BCUT2D eigenvalue weighted by Crippen LogP contribution is -2.46. The summed E-state index contributed by atoms with van der Waals surface area (Å²) in [6, 6.07) is 12.5.